The fourth-order valence-electron chi connectivity index (χ4n) is 3.69. The van der Waals surface area contributed by atoms with Crippen LogP contribution in [0.5, 0.6) is 5.88 Å². The van der Waals surface area contributed by atoms with Crippen LogP contribution < -0.4 is 10.1 Å². The number of rotatable bonds is 8. The molecule has 1 amide bonds. The molecule has 9 heteroatoms. The van der Waals surface area contributed by atoms with Gasteiger partial charge in [0.15, 0.2) is 5.65 Å². The average molecular weight is 439 g/mol. The number of nitrogens with zero attached hydrogens (tertiary/aromatic N) is 5. The molecule has 0 radical (unpaired) electrons. The van der Waals surface area contributed by atoms with E-state index in [2.05, 4.69) is 27.3 Å². The summed E-state index contributed by atoms with van der Waals surface area (Å²) in [6.45, 7) is 6.74. The second-order valence-electron chi connectivity index (χ2n) is 7.86. The minimum absolute atomic E-state index is 0.0180. The summed E-state index contributed by atoms with van der Waals surface area (Å²) in [5.74, 6) is 0.523. The molecule has 9 nitrogen and oxygen atoms in total. The molecule has 2 aromatic heterocycles. The Kier molecular flexibility index (Phi) is 7.03. The van der Waals surface area contributed by atoms with Crippen molar-refractivity contribution in [2.24, 2.45) is 0 Å². The second kappa shape index (κ2) is 10.3. The normalized spacial score (nSPS) is 14.5. The Labute approximate surface area is 187 Å². The molecule has 0 bridgehead atoms. The quantitative estimate of drug-likeness (QED) is 0.567. The Morgan fingerprint density at radius 1 is 1.12 bits per heavy atom. The lowest BCUT2D eigenvalue weighted by Crippen LogP contribution is -2.42. The molecule has 32 heavy (non-hydrogen) atoms. The number of hydrogen-bond donors (Lipinski definition) is 1. The van der Waals surface area contributed by atoms with Gasteiger partial charge in [0.2, 0.25) is 5.88 Å². The largest absolute Gasteiger partial charge is 0.474 e. The van der Waals surface area contributed by atoms with Crippen molar-refractivity contribution in [3.63, 3.8) is 0 Å². The van der Waals surface area contributed by atoms with Gasteiger partial charge in [0.1, 0.15) is 17.8 Å². The zero-order valence-corrected chi connectivity index (χ0v) is 18.7. The molecule has 1 saturated heterocycles. The van der Waals surface area contributed by atoms with Gasteiger partial charge in [-0.3, -0.25) is 0 Å². The summed E-state index contributed by atoms with van der Waals surface area (Å²) in [7, 11) is 0. The first-order valence-corrected chi connectivity index (χ1v) is 11.3. The molecule has 1 aromatic carbocycles. The molecule has 3 aromatic rings. The Hall–Kier alpha value is -3.36. The van der Waals surface area contributed by atoms with Crippen LogP contribution in [0.4, 0.5) is 10.5 Å². The number of likely N-dealkylation sites (tertiary alicyclic amines) is 1. The van der Waals surface area contributed by atoms with Gasteiger partial charge in [-0.05, 0) is 37.1 Å². The van der Waals surface area contributed by atoms with E-state index in [4.69, 9.17) is 9.47 Å². The smallest absolute Gasteiger partial charge is 0.409 e. The standard InChI is InChI=1S/C23H30N6O3/c1-3-11-24-17-5-7-18(8-6-17)29-21-20(15-27-29)22(26-16-25-21)32-19-9-12-28(13-10-19)23(30)31-14-4-2/h5-8,15-16,19,24H,3-4,9-14H2,1-2H3. The molecule has 1 N–H and O–H groups in total. The molecule has 0 aliphatic carbocycles. The van der Waals surface area contributed by atoms with Crippen LogP contribution in [-0.2, 0) is 4.74 Å². The number of amides is 1. The number of piperidine rings is 1. The summed E-state index contributed by atoms with van der Waals surface area (Å²) in [5.41, 5.74) is 2.70. The van der Waals surface area contributed by atoms with Crippen molar-refractivity contribution in [3.8, 4) is 11.6 Å². The van der Waals surface area contributed by atoms with Crippen molar-refractivity contribution in [2.45, 2.75) is 45.6 Å². The minimum atomic E-state index is -0.244. The zero-order valence-electron chi connectivity index (χ0n) is 18.7. The lowest BCUT2D eigenvalue weighted by atomic mass is 10.1. The maximum atomic E-state index is 12.0. The van der Waals surface area contributed by atoms with Crippen molar-refractivity contribution in [1.29, 1.82) is 0 Å². The summed E-state index contributed by atoms with van der Waals surface area (Å²) in [6, 6.07) is 8.10. The summed E-state index contributed by atoms with van der Waals surface area (Å²) in [5, 5.41) is 8.66. The molecule has 0 saturated carbocycles. The predicted molar refractivity (Wildman–Crippen MR) is 122 cm³/mol. The highest BCUT2D eigenvalue weighted by Gasteiger charge is 2.26. The van der Waals surface area contributed by atoms with Crippen molar-refractivity contribution >= 4 is 22.8 Å². The number of carbonyl (C=O) groups is 1. The summed E-state index contributed by atoms with van der Waals surface area (Å²) < 4.78 is 13.2. The van der Waals surface area contributed by atoms with Crippen LogP contribution in [0.2, 0.25) is 0 Å². The van der Waals surface area contributed by atoms with E-state index < -0.39 is 0 Å². The number of anilines is 1. The number of carbonyl (C=O) groups excluding carboxylic acids is 1. The van der Waals surface area contributed by atoms with Crippen LogP contribution in [0.1, 0.15) is 39.5 Å². The van der Waals surface area contributed by atoms with Crippen LogP contribution >= 0.6 is 0 Å². The number of fused-ring (bicyclic) bond motifs is 1. The number of ether oxygens (including phenoxy) is 2. The molecule has 0 atom stereocenters. The third-order valence-corrected chi connectivity index (χ3v) is 5.43. The SMILES string of the molecule is CCCNc1ccc(-n2ncc3c(OC4CCN(C(=O)OCCC)CC4)ncnc32)cc1. The van der Waals surface area contributed by atoms with Crippen LogP contribution in [0.15, 0.2) is 36.8 Å². The zero-order chi connectivity index (χ0) is 22.3. The fourth-order valence-corrected chi connectivity index (χ4v) is 3.69. The van der Waals surface area contributed by atoms with Crippen molar-refractivity contribution < 1.29 is 14.3 Å². The van der Waals surface area contributed by atoms with E-state index >= 15 is 0 Å². The summed E-state index contributed by atoms with van der Waals surface area (Å²) >= 11 is 0. The average Bonchev–Trinajstić information content (AvgIpc) is 3.27. The highest BCUT2D eigenvalue weighted by molar-refractivity contribution is 5.81. The van der Waals surface area contributed by atoms with E-state index in [1.807, 2.05) is 31.2 Å². The Morgan fingerprint density at radius 2 is 1.91 bits per heavy atom. The molecule has 3 heterocycles. The number of hydrogen-bond acceptors (Lipinski definition) is 7. The van der Waals surface area contributed by atoms with E-state index in [0.717, 1.165) is 49.0 Å². The van der Waals surface area contributed by atoms with Crippen molar-refractivity contribution in [3.05, 3.63) is 36.8 Å². The van der Waals surface area contributed by atoms with Crippen LogP contribution in [0.25, 0.3) is 16.7 Å². The van der Waals surface area contributed by atoms with Gasteiger partial charge in [0.25, 0.3) is 0 Å². The topological polar surface area (TPSA) is 94.4 Å². The van der Waals surface area contributed by atoms with Gasteiger partial charge in [-0.2, -0.15) is 5.10 Å². The fraction of sp³-hybridized carbons (Fsp3) is 0.478. The number of benzene rings is 1. The van der Waals surface area contributed by atoms with Crippen molar-refractivity contribution in [1.82, 2.24) is 24.6 Å². The van der Waals surface area contributed by atoms with Crippen molar-refractivity contribution in [2.75, 3.05) is 31.6 Å². The van der Waals surface area contributed by atoms with Crippen LogP contribution in [0.3, 0.4) is 0 Å². The molecule has 1 aliphatic rings. The first-order valence-electron chi connectivity index (χ1n) is 11.3. The van der Waals surface area contributed by atoms with Gasteiger partial charge in [0, 0.05) is 38.2 Å². The van der Waals surface area contributed by atoms with Crippen LogP contribution in [0, 0.1) is 0 Å². The molecule has 170 valence electrons. The Bertz CT molecular complexity index is 1030. The number of aromatic nitrogens is 4. The van der Waals surface area contributed by atoms with Gasteiger partial charge >= 0.3 is 6.09 Å². The van der Waals surface area contributed by atoms with E-state index in [0.29, 0.717) is 31.2 Å². The van der Waals surface area contributed by atoms with Gasteiger partial charge in [-0.25, -0.2) is 19.4 Å². The van der Waals surface area contributed by atoms with Gasteiger partial charge < -0.3 is 19.7 Å². The molecule has 0 unspecified atom stereocenters. The molecular weight excluding hydrogens is 408 g/mol. The number of nitrogens with one attached hydrogen (secondary N) is 1. The monoisotopic (exact) mass is 438 g/mol. The summed E-state index contributed by atoms with van der Waals surface area (Å²) in [6.07, 6.45) is 6.34. The highest BCUT2D eigenvalue weighted by atomic mass is 16.6. The molecule has 4 rings (SSSR count). The second-order valence-corrected chi connectivity index (χ2v) is 7.86. The maximum Gasteiger partial charge on any atom is 0.409 e. The van der Waals surface area contributed by atoms with E-state index in [1.165, 1.54) is 6.33 Å². The Balaban J connectivity index is 1.43. The lowest BCUT2D eigenvalue weighted by molar-refractivity contribution is 0.0668. The van der Waals surface area contributed by atoms with E-state index in [1.54, 1.807) is 15.8 Å². The van der Waals surface area contributed by atoms with Crippen LogP contribution in [-0.4, -0.2) is 63.1 Å². The third-order valence-electron chi connectivity index (χ3n) is 5.43. The summed E-state index contributed by atoms with van der Waals surface area (Å²) in [4.78, 5) is 22.6. The highest BCUT2D eigenvalue weighted by Crippen LogP contribution is 2.26. The first-order chi connectivity index (χ1) is 15.7. The molecule has 1 fully saturated rings. The van der Waals surface area contributed by atoms with Gasteiger partial charge in [-0.1, -0.05) is 13.8 Å². The molecular formula is C23H30N6O3. The third kappa shape index (κ3) is 4.92. The molecule has 1 aliphatic heterocycles. The van der Waals surface area contributed by atoms with Gasteiger partial charge in [0.05, 0.1) is 18.5 Å². The Morgan fingerprint density at radius 3 is 2.62 bits per heavy atom. The lowest BCUT2D eigenvalue weighted by Gasteiger charge is -2.31. The van der Waals surface area contributed by atoms with E-state index in [-0.39, 0.29) is 12.2 Å². The predicted octanol–water partition coefficient (Wildman–Crippen LogP) is 4.03. The van der Waals surface area contributed by atoms with E-state index in [9.17, 15) is 4.79 Å². The minimum Gasteiger partial charge on any atom is -0.474 e. The molecule has 0 spiro atoms. The maximum absolute atomic E-state index is 12.0. The first kappa shape index (κ1) is 21.9. The van der Waals surface area contributed by atoms with Gasteiger partial charge in [-0.15, -0.1) is 0 Å².